The molecule has 3 atom stereocenters. The van der Waals surface area contributed by atoms with Gasteiger partial charge in [0.05, 0.1) is 5.92 Å². The van der Waals surface area contributed by atoms with E-state index in [4.69, 9.17) is 9.84 Å². The Hall–Kier alpha value is -1.26. The van der Waals surface area contributed by atoms with E-state index in [0.717, 1.165) is 6.42 Å². The number of nitrogens with zero attached hydrogens (tertiary/aromatic N) is 1. The van der Waals surface area contributed by atoms with Crippen molar-refractivity contribution in [3.05, 3.63) is 0 Å². The van der Waals surface area contributed by atoms with Gasteiger partial charge in [0, 0.05) is 12.6 Å². The minimum atomic E-state index is -0.740. The van der Waals surface area contributed by atoms with Gasteiger partial charge in [-0.25, -0.2) is 4.79 Å². The third-order valence-corrected chi connectivity index (χ3v) is 3.65. The van der Waals surface area contributed by atoms with Crippen LogP contribution in [0.1, 0.15) is 40.0 Å². The van der Waals surface area contributed by atoms with Gasteiger partial charge in [-0.15, -0.1) is 0 Å². The fraction of sp³-hybridized carbons (Fsp3) is 0.846. The van der Waals surface area contributed by atoms with E-state index >= 15 is 0 Å². The molecule has 2 fully saturated rings. The van der Waals surface area contributed by atoms with Crippen molar-refractivity contribution in [2.45, 2.75) is 51.7 Å². The summed E-state index contributed by atoms with van der Waals surface area (Å²) in [5.41, 5.74) is -0.500. The Labute approximate surface area is 107 Å². The van der Waals surface area contributed by atoms with E-state index in [1.165, 1.54) is 0 Å². The van der Waals surface area contributed by atoms with Gasteiger partial charge in [-0.2, -0.15) is 0 Å². The van der Waals surface area contributed by atoms with Gasteiger partial charge in [0.2, 0.25) is 0 Å². The third-order valence-electron chi connectivity index (χ3n) is 3.65. The number of carbonyl (C=O) groups is 2. The lowest BCUT2D eigenvalue weighted by atomic mass is 9.82. The Balaban J connectivity index is 2.01. The molecule has 0 aromatic rings. The highest BCUT2D eigenvalue weighted by atomic mass is 16.6. The van der Waals surface area contributed by atoms with Crippen molar-refractivity contribution in [1.82, 2.24) is 4.90 Å². The smallest absolute Gasteiger partial charge is 0.410 e. The normalized spacial score (nSPS) is 31.3. The van der Waals surface area contributed by atoms with Gasteiger partial charge >= 0.3 is 12.1 Å². The molecule has 1 amide bonds. The molecule has 0 spiro atoms. The van der Waals surface area contributed by atoms with Gasteiger partial charge in [-0.3, -0.25) is 4.79 Å². The highest BCUT2D eigenvalue weighted by molar-refractivity contribution is 5.72. The van der Waals surface area contributed by atoms with E-state index < -0.39 is 11.6 Å². The van der Waals surface area contributed by atoms with Gasteiger partial charge in [0.1, 0.15) is 5.60 Å². The summed E-state index contributed by atoms with van der Waals surface area (Å²) in [6.45, 7) is 6.16. The lowest BCUT2D eigenvalue weighted by Gasteiger charge is -2.29. The van der Waals surface area contributed by atoms with Crippen molar-refractivity contribution in [2.24, 2.45) is 11.8 Å². The molecule has 2 rings (SSSR count). The third kappa shape index (κ3) is 2.76. The van der Waals surface area contributed by atoms with Crippen LogP contribution in [0.4, 0.5) is 4.79 Å². The molecule has 5 heteroatoms. The van der Waals surface area contributed by atoms with Gasteiger partial charge < -0.3 is 14.7 Å². The fourth-order valence-corrected chi connectivity index (χ4v) is 2.98. The maximum atomic E-state index is 12.0. The summed E-state index contributed by atoms with van der Waals surface area (Å²) in [6.07, 6.45) is 1.86. The summed E-state index contributed by atoms with van der Waals surface area (Å²) in [5.74, 6) is -0.728. The lowest BCUT2D eigenvalue weighted by molar-refractivity contribution is -0.143. The molecule has 0 radical (unpaired) electrons. The number of amides is 1. The Morgan fingerprint density at radius 2 is 1.89 bits per heavy atom. The second-order valence-corrected chi connectivity index (χ2v) is 6.39. The molecule has 1 aliphatic carbocycles. The average Bonchev–Trinajstić information content (AvgIpc) is 2.51. The molecule has 3 unspecified atom stereocenters. The number of carboxylic acid groups (broad SMARTS) is 1. The lowest BCUT2D eigenvalue weighted by Crippen LogP contribution is -2.40. The number of likely N-dealkylation sites (tertiary alicyclic amines) is 1. The zero-order valence-corrected chi connectivity index (χ0v) is 11.2. The van der Waals surface area contributed by atoms with Crippen LogP contribution in [0.15, 0.2) is 0 Å². The van der Waals surface area contributed by atoms with E-state index in [1.54, 1.807) is 4.90 Å². The minimum Gasteiger partial charge on any atom is -0.481 e. The van der Waals surface area contributed by atoms with Crippen molar-refractivity contribution >= 4 is 12.1 Å². The first kappa shape index (κ1) is 13.2. The molecule has 18 heavy (non-hydrogen) atoms. The van der Waals surface area contributed by atoms with Crippen molar-refractivity contribution in [3.8, 4) is 0 Å². The van der Waals surface area contributed by atoms with Crippen LogP contribution in [0.3, 0.4) is 0 Å². The molecule has 102 valence electrons. The van der Waals surface area contributed by atoms with Crippen LogP contribution in [0.25, 0.3) is 0 Å². The standard InChI is InChI=1S/C13H21NO4/c1-13(2,3)18-12(17)14-7-8-4-9(11(15)16)6-10(14)5-8/h8-10H,4-7H2,1-3H3,(H,15,16). The summed E-state index contributed by atoms with van der Waals surface area (Å²) in [7, 11) is 0. The SMILES string of the molecule is CC(C)(C)OC(=O)N1CC2CC(C(=O)O)CC1C2. The monoisotopic (exact) mass is 255 g/mol. The Morgan fingerprint density at radius 1 is 1.22 bits per heavy atom. The summed E-state index contributed by atoms with van der Waals surface area (Å²) in [5, 5.41) is 9.08. The van der Waals surface area contributed by atoms with E-state index in [0.29, 0.717) is 25.3 Å². The first-order valence-electron chi connectivity index (χ1n) is 6.48. The van der Waals surface area contributed by atoms with Crippen molar-refractivity contribution in [1.29, 1.82) is 0 Å². The van der Waals surface area contributed by atoms with Gasteiger partial charge in [0.25, 0.3) is 0 Å². The summed E-state index contributed by atoms with van der Waals surface area (Å²) in [4.78, 5) is 24.8. The summed E-state index contributed by atoms with van der Waals surface area (Å²) >= 11 is 0. The molecule has 1 N–H and O–H groups in total. The predicted octanol–water partition coefficient (Wildman–Crippen LogP) is 2.11. The zero-order valence-electron chi connectivity index (χ0n) is 11.2. The van der Waals surface area contributed by atoms with E-state index in [1.807, 2.05) is 20.8 Å². The molecular formula is C13H21NO4. The molecule has 5 nitrogen and oxygen atoms in total. The van der Waals surface area contributed by atoms with E-state index in [9.17, 15) is 9.59 Å². The summed E-state index contributed by atoms with van der Waals surface area (Å²) in [6, 6.07) is 0.0414. The van der Waals surface area contributed by atoms with E-state index in [2.05, 4.69) is 0 Å². The highest BCUT2D eigenvalue weighted by Gasteiger charge is 2.44. The van der Waals surface area contributed by atoms with E-state index in [-0.39, 0.29) is 18.1 Å². The molecule has 2 aliphatic rings. The predicted molar refractivity (Wildman–Crippen MR) is 65.2 cm³/mol. The zero-order chi connectivity index (χ0) is 13.5. The first-order valence-corrected chi connectivity index (χ1v) is 6.48. The fourth-order valence-electron chi connectivity index (χ4n) is 2.98. The quantitative estimate of drug-likeness (QED) is 0.779. The largest absolute Gasteiger partial charge is 0.481 e. The second-order valence-electron chi connectivity index (χ2n) is 6.39. The molecule has 0 aromatic carbocycles. The van der Waals surface area contributed by atoms with Crippen molar-refractivity contribution in [3.63, 3.8) is 0 Å². The maximum absolute atomic E-state index is 12.0. The van der Waals surface area contributed by atoms with Crippen LogP contribution in [-0.2, 0) is 9.53 Å². The molecule has 1 heterocycles. The molecule has 0 aromatic heterocycles. The molecule has 1 saturated carbocycles. The summed E-state index contributed by atoms with van der Waals surface area (Å²) < 4.78 is 5.37. The van der Waals surface area contributed by atoms with Gasteiger partial charge in [-0.1, -0.05) is 0 Å². The average molecular weight is 255 g/mol. The maximum Gasteiger partial charge on any atom is 0.410 e. The van der Waals surface area contributed by atoms with Crippen LogP contribution in [0, 0.1) is 11.8 Å². The molecular weight excluding hydrogens is 234 g/mol. The molecule has 1 saturated heterocycles. The van der Waals surface area contributed by atoms with Crippen molar-refractivity contribution in [2.75, 3.05) is 6.54 Å². The number of carbonyl (C=O) groups excluding carboxylic acids is 1. The number of hydrogen-bond donors (Lipinski definition) is 1. The minimum absolute atomic E-state index is 0.0414. The molecule has 2 bridgehead atoms. The Bertz CT molecular complexity index is 360. The first-order chi connectivity index (χ1) is 8.26. The number of rotatable bonds is 1. The number of carboxylic acids is 1. The van der Waals surface area contributed by atoms with Gasteiger partial charge in [-0.05, 0) is 46.0 Å². The Morgan fingerprint density at radius 3 is 2.44 bits per heavy atom. The topological polar surface area (TPSA) is 66.8 Å². The van der Waals surface area contributed by atoms with Crippen LogP contribution >= 0.6 is 0 Å². The van der Waals surface area contributed by atoms with Crippen LogP contribution in [-0.4, -0.2) is 40.3 Å². The number of hydrogen-bond acceptors (Lipinski definition) is 3. The second kappa shape index (κ2) is 4.44. The van der Waals surface area contributed by atoms with Crippen LogP contribution < -0.4 is 0 Å². The molecule has 1 aliphatic heterocycles. The number of aliphatic carboxylic acids is 1. The van der Waals surface area contributed by atoms with Gasteiger partial charge in [0.15, 0.2) is 0 Å². The van der Waals surface area contributed by atoms with Crippen molar-refractivity contribution < 1.29 is 19.4 Å². The highest BCUT2D eigenvalue weighted by Crippen LogP contribution is 2.39. The Kier molecular flexibility index (Phi) is 3.25. The van der Waals surface area contributed by atoms with Crippen LogP contribution in [0.2, 0.25) is 0 Å². The number of fused-ring (bicyclic) bond motifs is 2. The van der Waals surface area contributed by atoms with Crippen LogP contribution in [0.5, 0.6) is 0 Å². The number of ether oxygens (including phenoxy) is 1.